The molecule has 6 heteroatoms. The molecule has 1 aliphatic carbocycles. The molecule has 5 N–H and O–H groups in total. The van der Waals surface area contributed by atoms with Gasteiger partial charge in [0.25, 0.3) is 0 Å². The van der Waals surface area contributed by atoms with Gasteiger partial charge in [0.1, 0.15) is 6.29 Å². The van der Waals surface area contributed by atoms with Crippen LogP contribution in [0.25, 0.3) is 0 Å². The zero-order valence-electron chi connectivity index (χ0n) is 19.6. The minimum Gasteiger partial charge on any atom is -0.377 e. The van der Waals surface area contributed by atoms with Crippen molar-refractivity contribution in [2.45, 2.75) is 82.5 Å². The average Bonchev–Trinajstić information content (AvgIpc) is 2.95. The van der Waals surface area contributed by atoms with Crippen molar-refractivity contribution in [3.05, 3.63) is 11.6 Å². The molecule has 0 aromatic carbocycles. The predicted molar refractivity (Wildman–Crippen MR) is 109 cm³/mol. The van der Waals surface area contributed by atoms with Crippen LogP contribution in [0, 0.1) is 11.8 Å². The Hall–Kier alpha value is -0.500. The molecule has 154 valence electrons. The molecule has 27 heavy (non-hydrogen) atoms. The lowest BCUT2D eigenvalue weighted by Gasteiger charge is -2.47. The first kappa shape index (κ1) is 16.3. The molecular formula is C21H39N5O. The van der Waals surface area contributed by atoms with Crippen molar-refractivity contribution in [1.82, 2.24) is 26.6 Å². The number of ether oxygens (including phenoxy) is 1. The molecule has 7 atom stereocenters. The summed E-state index contributed by atoms with van der Waals surface area (Å²) in [4.78, 5) is 0. The molecule has 2 saturated heterocycles. The summed E-state index contributed by atoms with van der Waals surface area (Å²) in [6.07, 6.45) is 10.2. The van der Waals surface area contributed by atoms with Crippen LogP contribution in [-0.4, -0.2) is 57.3 Å². The van der Waals surface area contributed by atoms with Crippen molar-refractivity contribution >= 4 is 0 Å². The Kier molecular flexibility index (Phi) is 5.64. The van der Waals surface area contributed by atoms with E-state index in [0.717, 1.165) is 45.4 Å². The molecule has 3 aliphatic heterocycles. The second-order valence-electron chi connectivity index (χ2n) is 8.87. The fraction of sp³-hybridized carbons (Fsp3) is 0.905. The van der Waals surface area contributed by atoms with Crippen LogP contribution < -0.4 is 26.6 Å². The van der Waals surface area contributed by atoms with E-state index in [4.69, 9.17) is 8.85 Å². The third-order valence-corrected chi connectivity index (χ3v) is 6.81. The van der Waals surface area contributed by atoms with E-state index in [2.05, 4.69) is 39.6 Å². The van der Waals surface area contributed by atoms with Crippen LogP contribution in [0.15, 0.2) is 11.6 Å². The Bertz CT molecular complexity index is 602. The third-order valence-electron chi connectivity index (χ3n) is 6.81. The summed E-state index contributed by atoms with van der Waals surface area (Å²) >= 11 is 0. The second-order valence-corrected chi connectivity index (χ2v) is 8.87. The topological polar surface area (TPSA) is 69.4 Å². The van der Waals surface area contributed by atoms with E-state index in [1.807, 2.05) is 0 Å². The molecule has 4 aliphatic rings. The van der Waals surface area contributed by atoms with Gasteiger partial charge < -0.3 is 15.4 Å². The van der Waals surface area contributed by atoms with E-state index >= 15 is 0 Å². The van der Waals surface area contributed by atoms with Gasteiger partial charge in [-0.15, -0.1) is 0 Å². The minimum absolute atomic E-state index is 0.0925. The minimum atomic E-state index is -2.14. The quantitative estimate of drug-likeness (QED) is 0.473. The lowest BCUT2D eigenvalue weighted by molar-refractivity contribution is -0.0798. The van der Waals surface area contributed by atoms with Crippen molar-refractivity contribution in [1.29, 1.82) is 0 Å². The molecular weight excluding hydrogens is 338 g/mol. The second kappa shape index (κ2) is 9.33. The maximum absolute atomic E-state index is 7.53. The SMILES string of the molecule is [2H]C([2H])([2H])NC1CC(C)NC(NC2CC3CCCOC3C(C3=CCNCCC3)C2)N1. The smallest absolute Gasteiger partial charge is 0.113 e. The fourth-order valence-corrected chi connectivity index (χ4v) is 5.58. The van der Waals surface area contributed by atoms with Crippen LogP contribution in [0.2, 0.25) is 0 Å². The largest absolute Gasteiger partial charge is 0.377 e. The van der Waals surface area contributed by atoms with E-state index in [-0.39, 0.29) is 18.5 Å². The summed E-state index contributed by atoms with van der Waals surface area (Å²) in [5.41, 5.74) is 1.57. The van der Waals surface area contributed by atoms with Gasteiger partial charge in [-0.25, -0.2) is 0 Å². The number of nitrogens with one attached hydrogen (secondary N) is 5. The third kappa shape index (κ3) is 4.92. The van der Waals surface area contributed by atoms with Crippen LogP contribution in [-0.2, 0) is 4.74 Å². The first-order chi connectivity index (χ1) is 14.4. The zero-order valence-corrected chi connectivity index (χ0v) is 16.6. The summed E-state index contributed by atoms with van der Waals surface area (Å²) < 4.78 is 28.9. The number of hydrogen-bond donors (Lipinski definition) is 5. The molecule has 0 aromatic rings. The molecule has 0 aromatic heterocycles. The highest BCUT2D eigenvalue weighted by atomic mass is 16.5. The van der Waals surface area contributed by atoms with Crippen LogP contribution in [0.1, 0.15) is 56.0 Å². The lowest BCUT2D eigenvalue weighted by Crippen LogP contribution is -2.68. The lowest BCUT2D eigenvalue weighted by atomic mass is 9.70. The summed E-state index contributed by atoms with van der Waals surface area (Å²) in [7, 11) is 0. The number of hydrogen-bond acceptors (Lipinski definition) is 6. The van der Waals surface area contributed by atoms with Gasteiger partial charge in [0.2, 0.25) is 0 Å². The maximum atomic E-state index is 7.53. The summed E-state index contributed by atoms with van der Waals surface area (Å²) in [6.45, 7) is 2.93. The maximum Gasteiger partial charge on any atom is 0.113 e. The highest BCUT2D eigenvalue weighted by Gasteiger charge is 2.42. The summed E-state index contributed by atoms with van der Waals surface area (Å²) in [5.74, 6) is 1.09. The van der Waals surface area contributed by atoms with Gasteiger partial charge in [0, 0.05) is 35.3 Å². The van der Waals surface area contributed by atoms with Gasteiger partial charge in [-0.3, -0.25) is 16.0 Å². The monoisotopic (exact) mass is 380 g/mol. The molecule has 7 unspecified atom stereocenters. The van der Waals surface area contributed by atoms with Gasteiger partial charge in [-0.2, -0.15) is 0 Å². The highest BCUT2D eigenvalue weighted by Crippen LogP contribution is 2.42. The standard InChI is InChI=1S/C21H39N5O/c1-14-11-19(22-2)26-21(24-14)25-17-12-16-6-4-10-27-20(16)18(13-17)15-5-3-8-23-9-7-15/h7,14,16-26H,3-6,8-13H2,1-2H3/i2D3. The van der Waals surface area contributed by atoms with E-state index in [1.54, 1.807) is 5.57 Å². The Balaban J connectivity index is 1.42. The van der Waals surface area contributed by atoms with Crippen molar-refractivity contribution in [3.8, 4) is 0 Å². The van der Waals surface area contributed by atoms with Crippen molar-refractivity contribution in [2.75, 3.05) is 26.7 Å². The van der Waals surface area contributed by atoms with Crippen LogP contribution in [0.5, 0.6) is 0 Å². The fourth-order valence-electron chi connectivity index (χ4n) is 5.58. The highest BCUT2D eigenvalue weighted by molar-refractivity contribution is 5.15. The molecule has 0 spiro atoms. The Morgan fingerprint density at radius 2 is 2.19 bits per heavy atom. The van der Waals surface area contributed by atoms with E-state index in [9.17, 15) is 0 Å². The van der Waals surface area contributed by atoms with Gasteiger partial charge in [0.15, 0.2) is 0 Å². The molecule has 6 nitrogen and oxygen atoms in total. The molecule has 0 radical (unpaired) electrons. The Labute approximate surface area is 168 Å². The molecule has 1 saturated carbocycles. The zero-order chi connectivity index (χ0) is 21.1. The molecule has 3 heterocycles. The molecule has 0 bridgehead atoms. The molecule has 4 rings (SSSR count). The first-order valence-electron chi connectivity index (χ1n) is 12.4. The number of rotatable bonds is 4. The average molecular weight is 381 g/mol. The van der Waals surface area contributed by atoms with Crippen LogP contribution in [0.3, 0.4) is 0 Å². The van der Waals surface area contributed by atoms with Gasteiger partial charge in [-0.1, -0.05) is 11.6 Å². The molecule has 3 fully saturated rings. The number of fused-ring (bicyclic) bond motifs is 1. The van der Waals surface area contributed by atoms with Crippen molar-refractivity contribution < 1.29 is 8.85 Å². The summed E-state index contributed by atoms with van der Waals surface area (Å²) in [5, 5.41) is 17.0. The van der Waals surface area contributed by atoms with Crippen LogP contribution in [0.4, 0.5) is 0 Å². The molecule has 0 amide bonds. The first-order valence-corrected chi connectivity index (χ1v) is 10.9. The van der Waals surface area contributed by atoms with E-state index in [1.165, 1.54) is 19.3 Å². The van der Waals surface area contributed by atoms with E-state index in [0.29, 0.717) is 24.0 Å². The Morgan fingerprint density at radius 1 is 1.22 bits per heavy atom. The van der Waals surface area contributed by atoms with E-state index < -0.39 is 6.98 Å². The normalized spacial score (nSPS) is 45.6. The predicted octanol–water partition coefficient (Wildman–Crippen LogP) is 1.26. The van der Waals surface area contributed by atoms with Crippen molar-refractivity contribution in [3.63, 3.8) is 0 Å². The van der Waals surface area contributed by atoms with Crippen molar-refractivity contribution in [2.24, 2.45) is 11.8 Å². The van der Waals surface area contributed by atoms with Crippen LogP contribution >= 0.6 is 0 Å². The van der Waals surface area contributed by atoms with Gasteiger partial charge in [0.05, 0.1) is 12.3 Å². The Morgan fingerprint density at radius 3 is 3.11 bits per heavy atom. The van der Waals surface area contributed by atoms with Gasteiger partial charge >= 0.3 is 0 Å². The summed E-state index contributed by atoms with van der Waals surface area (Å²) in [6, 6.07) is 0.628. The van der Waals surface area contributed by atoms with Gasteiger partial charge in [-0.05, 0) is 71.3 Å².